The fourth-order valence-electron chi connectivity index (χ4n) is 2.64. The summed E-state index contributed by atoms with van der Waals surface area (Å²) in [6, 6.07) is 7.66. The molecule has 154 valence electrons. The van der Waals surface area contributed by atoms with E-state index in [9.17, 15) is 19.2 Å². The number of amides is 3. The van der Waals surface area contributed by atoms with Gasteiger partial charge in [0.1, 0.15) is 17.3 Å². The number of nitrogens with one attached hydrogen (secondary N) is 3. The molecule has 1 unspecified atom stereocenters. The second-order valence-electron chi connectivity index (χ2n) is 7.07. The third kappa shape index (κ3) is 7.72. The van der Waals surface area contributed by atoms with Crippen LogP contribution in [0.25, 0.3) is 0 Å². The molecule has 1 aromatic carbocycles. The van der Waals surface area contributed by atoms with Crippen LogP contribution in [0.4, 0.5) is 0 Å². The summed E-state index contributed by atoms with van der Waals surface area (Å²) in [4.78, 5) is 48.6. The van der Waals surface area contributed by atoms with E-state index in [0.29, 0.717) is 12.8 Å². The molecule has 0 aliphatic rings. The Morgan fingerprint density at radius 2 is 1.50 bits per heavy atom. The van der Waals surface area contributed by atoms with E-state index in [1.165, 1.54) is 14.0 Å². The first-order valence-electron chi connectivity index (χ1n) is 9.20. The van der Waals surface area contributed by atoms with Gasteiger partial charge < -0.3 is 16.0 Å². The SMILES string of the molecule is CNC(=O)[C@H](Cc1ccccc1)NC(=O)[C@H](CC(C)C)NC(=O)C(S)C(C)=O. The monoisotopic (exact) mass is 407 g/mol. The summed E-state index contributed by atoms with van der Waals surface area (Å²) < 4.78 is 0. The van der Waals surface area contributed by atoms with Crippen LogP contribution in [0, 0.1) is 5.92 Å². The molecule has 3 atom stereocenters. The molecule has 3 N–H and O–H groups in total. The first kappa shape index (κ1) is 23.7. The molecule has 28 heavy (non-hydrogen) atoms. The molecular formula is C20H29N3O4S. The van der Waals surface area contributed by atoms with Crippen molar-refractivity contribution in [1.82, 2.24) is 16.0 Å². The Morgan fingerprint density at radius 3 is 2.00 bits per heavy atom. The standard InChI is InChI=1S/C20H29N3O4S/c1-12(2)10-15(23-20(27)17(28)13(3)24)19(26)22-16(18(25)21-4)11-14-8-6-5-7-9-14/h5-9,12,15-17,28H,10-11H2,1-4H3,(H,21,25)(H,22,26)(H,23,27)/t15-,16-,17?/m0/s1. The van der Waals surface area contributed by atoms with Gasteiger partial charge in [0.15, 0.2) is 5.78 Å². The van der Waals surface area contributed by atoms with Crippen molar-refractivity contribution in [1.29, 1.82) is 0 Å². The van der Waals surface area contributed by atoms with Gasteiger partial charge in [0.25, 0.3) is 0 Å². The number of carbonyl (C=O) groups is 4. The summed E-state index contributed by atoms with van der Waals surface area (Å²) in [7, 11) is 1.50. The van der Waals surface area contributed by atoms with Crippen LogP contribution in [0.2, 0.25) is 0 Å². The van der Waals surface area contributed by atoms with Crippen molar-refractivity contribution in [2.24, 2.45) is 5.92 Å². The Morgan fingerprint density at radius 1 is 0.929 bits per heavy atom. The molecule has 0 radical (unpaired) electrons. The topological polar surface area (TPSA) is 104 Å². The highest BCUT2D eigenvalue weighted by molar-refractivity contribution is 7.82. The Balaban J connectivity index is 2.93. The van der Waals surface area contributed by atoms with Crippen molar-refractivity contribution in [3.63, 3.8) is 0 Å². The number of carbonyl (C=O) groups excluding carboxylic acids is 4. The maximum Gasteiger partial charge on any atom is 0.243 e. The first-order valence-corrected chi connectivity index (χ1v) is 9.72. The summed E-state index contributed by atoms with van der Waals surface area (Å²) in [5.74, 6) is -1.73. The van der Waals surface area contributed by atoms with E-state index < -0.39 is 34.9 Å². The molecule has 0 heterocycles. The van der Waals surface area contributed by atoms with E-state index >= 15 is 0 Å². The van der Waals surface area contributed by atoms with Crippen LogP contribution in [-0.2, 0) is 25.6 Å². The van der Waals surface area contributed by atoms with Gasteiger partial charge in [-0.2, -0.15) is 12.6 Å². The Hall–Kier alpha value is -2.35. The molecule has 8 heteroatoms. The van der Waals surface area contributed by atoms with Gasteiger partial charge >= 0.3 is 0 Å². The summed E-state index contributed by atoms with van der Waals surface area (Å²) in [5.41, 5.74) is 0.896. The molecule has 0 aromatic heterocycles. The Kier molecular flexibility index (Phi) is 9.72. The average Bonchev–Trinajstić information content (AvgIpc) is 2.65. The third-order valence-corrected chi connectivity index (χ3v) is 4.73. The number of rotatable bonds is 10. The molecular weight excluding hydrogens is 378 g/mol. The van der Waals surface area contributed by atoms with Crippen LogP contribution in [0.15, 0.2) is 30.3 Å². The summed E-state index contributed by atoms with van der Waals surface area (Å²) in [5, 5.41) is 6.70. The molecule has 0 fully saturated rings. The third-order valence-electron chi connectivity index (χ3n) is 4.14. The van der Waals surface area contributed by atoms with Crippen molar-refractivity contribution in [3.8, 4) is 0 Å². The lowest BCUT2D eigenvalue weighted by molar-refractivity contribution is -0.133. The minimum Gasteiger partial charge on any atom is -0.357 e. The number of thiol groups is 1. The molecule has 0 saturated carbocycles. The minimum atomic E-state index is -1.14. The molecule has 1 rings (SSSR count). The second kappa shape index (κ2) is 11.5. The molecule has 0 spiro atoms. The van der Waals surface area contributed by atoms with Gasteiger partial charge in [-0.15, -0.1) is 0 Å². The van der Waals surface area contributed by atoms with Gasteiger partial charge in [-0.1, -0.05) is 44.2 Å². The number of hydrogen-bond donors (Lipinski definition) is 4. The summed E-state index contributed by atoms with van der Waals surface area (Å²) >= 11 is 3.98. The van der Waals surface area contributed by atoms with Crippen LogP contribution in [0.3, 0.4) is 0 Å². The predicted octanol–water partition coefficient (Wildman–Crippen LogP) is 0.878. The Bertz CT molecular complexity index is 694. The van der Waals surface area contributed by atoms with Crippen LogP contribution in [0.1, 0.15) is 32.8 Å². The highest BCUT2D eigenvalue weighted by Crippen LogP contribution is 2.09. The van der Waals surface area contributed by atoms with E-state index in [0.717, 1.165) is 5.56 Å². The number of hydrogen-bond acceptors (Lipinski definition) is 5. The van der Waals surface area contributed by atoms with Crippen molar-refractivity contribution in [3.05, 3.63) is 35.9 Å². The van der Waals surface area contributed by atoms with Gasteiger partial charge in [0.05, 0.1) is 0 Å². The van der Waals surface area contributed by atoms with Crippen LogP contribution in [0.5, 0.6) is 0 Å². The largest absolute Gasteiger partial charge is 0.357 e. The van der Waals surface area contributed by atoms with Crippen LogP contribution < -0.4 is 16.0 Å². The lowest BCUT2D eigenvalue weighted by atomic mass is 10.0. The zero-order chi connectivity index (χ0) is 21.3. The van der Waals surface area contributed by atoms with Gasteiger partial charge in [-0.3, -0.25) is 19.2 Å². The molecule has 0 aliphatic carbocycles. The molecule has 0 aliphatic heterocycles. The summed E-state index contributed by atoms with van der Waals surface area (Å²) in [6.45, 7) is 5.09. The molecule has 0 bridgehead atoms. The van der Waals surface area contributed by atoms with Gasteiger partial charge in [-0.25, -0.2) is 0 Å². The predicted molar refractivity (Wildman–Crippen MR) is 111 cm³/mol. The number of benzene rings is 1. The number of ketones is 1. The van der Waals surface area contributed by atoms with Crippen LogP contribution >= 0.6 is 12.6 Å². The molecule has 3 amide bonds. The lowest BCUT2D eigenvalue weighted by Crippen LogP contribution is -2.55. The quantitative estimate of drug-likeness (QED) is 0.341. The number of Topliss-reactive ketones (excluding diaryl/α,β-unsaturated/α-hetero) is 1. The first-order chi connectivity index (χ1) is 13.1. The van der Waals surface area contributed by atoms with Crippen molar-refractivity contribution in [2.45, 2.75) is 50.9 Å². The molecule has 0 saturated heterocycles. The molecule has 7 nitrogen and oxygen atoms in total. The van der Waals surface area contributed by atoms with E-state index in [-0.39, 0.29) is 11.8 Å². The van der Waals surface area contributed by atoms with E-state index in [2.05, 4.69) is 28.6 Å². The number of likely N-dealkylation sites (N-methyl/N-ethyl adjacent to an activating group) is 1. The van der Waals surface area contributed by atoms with Crippen molar-refractivity contribution in [2.75, 3.05) is 7.05 Å². The smallest absolute Gasteiger partial charge is 0.243 e. The highest BCUT2D eigenvalue weighted by atomic mass is 32.1. The average molecular weight is 408 g/mol. The highest BCUT2D eigenvalue weighted by Gasteiger charge is 2.29. The van der Waals surface area contributed by atoms with Gasteiger partial charge in [0.2, 0.25) is 17.7 Å². The van der Waals surface area contributed by atoms with Gasteiger partial charge in [-0.05, 0) is 24.8 Å². The fraction of sp³-hybridized carbons (Fsp3) is 0.500. The fourth-order valence-corrected chi connectivity index (χ4v) is 2.72. The zero-order valence-electron chi connectivity index (χ0n) is 16.7. The second-order valence-corrected chi connectivity index (χ2v) is 7.59. The normalized spacial score (nSPS) is 13.9. The van der Waals surface area contributed by atoms with E-state index in [1.807, 2.05) is 44.2 Å². The van der Waals surface area contributed by atoms with E-state index in [1.54, 1.807) is 0 Å². The molecule has 1 aromatic rings. The van der Waals surface area contributed by atoms with Crippen molar-refractivity contribution >= 4 is 36.1 Å². The lowest BCUT2D eigenvalue weighted by Gasteiger charge is -2.24. The maximum absolute atomic E-state index is 12.8. The maximum atomic E-state index is 12.8. The Labute approximate surface area is 171 Å². The van der Waals surface area contributed by atoms with Gasteiger partial charge in [0, 0.05) is 13.5 Å². The van der Waals surface area contributed by atoms with E-state index in [4.69, 9.17) is 0 Å². The van der Waals surface area contributed by atoms with Crippen molar-refractivity contribution < 1.29 is 19.2 Å². The zero-order valence-corrected chi connectivity index (χ0v) is 17.6. The minimum absolute atomic E-state index is 0.110. The van der Waals surface area contributed by atoms with Crippen LogP contribution in [-0.4, -0.2) is 47.9 Å². The summed E-state index contributed by atoms with van der Waals surface area (Å²) in [6.07, 6.45) is 0.680.